The summed E-state index contributed by atoms with van der Waals surface area (Å²) >= 11 is 0. The van der Waals surface area contributed by atoms with Crippen molar-refractivity contribution in [2.75, 3.05) is 0 Å². The number of fused-ring (bicyclic) bond motifs is 1. The minimum atomic E-state index is -0.331. The summed E-state index contributed by atoms with van der Waals surface area (Å²) in [7, 11) is 0. The molecule has 6 heteroatoms. The first kappa shape index (κ1) is 9.29. The highest BCUT2D eigenvalue weighted by atomic mass is 16.2. The number of nitrogens with two attached hydrogens (primary N) is 1. The van der Waals surface area contributed by atoms with Crippen LogP contribution in [0.5, 0.6) is 0 Å². The maximum absolute atomic E-state index is 11.3. The highest BCUT2D eigenvalue weighted by molar-refractivity contribution is 5.43. The molecule has 0 spiro atoms. The fourth-order valence-corrected chi connectivity index (χ4v) is 2.14. The molecule has 1 heterocycles. The van der Waals surface area contributed by atoms with Crippen molar-refractivity contribution in [2.45, 2.75) is 18.9 Å². The molecule has 3 N–H and O–H groups in total. The van der Waals surface area contributed by atoms with Gasteiger partial charge >= 0.3 is 5.69 Å². The summed E-state index contributed by atoms with van der Waals surface area (Å²) in [5, 5.41) is 9.42. The van der Waals surface area contributed by atoms with Gasteiger partial charge in [-0.1, -0.05) is 6.07 Å². The summed E-state index contributed by atoms with van der Waals surface area (Å²) in [6.45, 7) is 0. The quantitative estimate of drug-likeness (QED) is 0.698. The molecule has 2 aromatic rings. The minimum Gasteiger partial charge on any atom is -0.324 e. The Balaban J connectivity index is 2.12. The molecule has 0 aliphatic heterocycles. The van der Waals surface area contributed by atoms with Gasteiger partial charge in [-0.25, -0.2) is 9.89 Å². The van der Waals surface area contributed by atoms with Crippen LogP contribution in [0.15, 0.2) is 23.0 Å². The van der Waals surface area contributed by atoms with E-state index in [0.29, 0.717) is 0 Å². The molecule has 0 fully saturated rings. The SMILES string of the molecule is N[C@H]1CCc2cc(-n3nn[nH]c3=O)ccc21. The molecule has 1 aromatic carbocycles. The van der Waals surface area contributed by atoms with Crippen molar-refractivity contribution in [3.05, 3.63) is 39.8 Å². The molecule has 0 amide bonds. The van der Waals surface area contributed by atoms with Crippen molar-refractivity contribution in [1.82, 2.24) is 20.2 Å². The predicted molar refractivity (Wildman–Crippen MR) is 57.2 cm³/mol. The summed E-state index contributed by atoms with van der Waals surface area (Å²) in [5.41, 5.74) is 8.70. The van der Waals surface area contributed by atoms with Gasteiger partial charge < -0.3 is 5.73 Å². The maximum atomic E-state index is 11.3. The number of tetrazole rings is 1. The van der Waals surface area contributed by atoms with Crippen molar-refractivity contribution >= 4 is 0 Å². The predicted octanol–water partition coefficient (Wildman–Crippen LogP) is -0.0984. The molecule has 1 atom stereocenters. The van der Waals surface area contributed by atoms with E-state index in [1.807, 2.05) is 18.2 Å². The van der Waals surface area contributed by atoms with Crippen molar-refractivity contribution in [3.8, 4) is 5.69 Å². The first-order valence-corrected chi connectivity index (χ1v) is 5.15. The summed E-state index contributed by atoms with van der Waals surface area (Å²) < 4.78 is 1.24. The Kier molecular flexibility index (Phi) is 1.90. The van der Waals surface area contributed by atoms with Crippen LogP contribution in [0, 0.1) is 0 Å². The number of rotatable bonds is 1. The van der Waals surface area contributed by atoms with E-state index in [1.165, 1.54) is 15.8 Å². The van der Waals surface area contributed by atoms with Crippen molar-refractivity contribution in [2.24, 2.45) is 5.73 Å². The zero-order chi connectivity index (χ0) is 11.1. The number of aromatic nitrogens is 4. The van der Waals surface area contributed by atoms with E-state index in [4.69, 9.17) is 5.73 Å². The van der Waals surface area contributed by atoms with Gasteiger partial charge in [0.1, 0.15) is 0 Å². The van der Waals surface area contributed by atoms with E-state index in [2.05, 4.69) is 15.5 Å². The van der Waals surface area contributed by atoms with E-state index in [0.717, 1.165) is 18.5 Å². The Labute approximate surface area is 91.1 Å². The van der Waals surface area contributed by atoms with Gasteiger partial charge in [0.25, 0.3) is 0 Å². The van der Waals surface area contributed by atoms with Gasteiger partial charge in [0.15, 0.2) is 0 Å². The number of nitrogens with zero attached hydrogens (tertiary/aromatic N) is 3. The Bertz CT molecular complexity index is 585. The van der Waals surface area contributed by atoms with Crippen LogP contribution >= 0.6 is 0 Å². The number of hydrogen-bond donors (Lipinski definition) is 2. The number of hydrogen-bond acceptors (Lipinski definition) is 4. The summed E-state index contributed by atoms with van der Waals surface area (Å²) in [4.78, 5) is 11.3. The second kappa shape index (κ2) is 3.28. The van der Waals surface area contributed by atoms with Crippen LogP contribution in [-0.4, -0.2) is 20.2 Å². The van der Waals surface area contributed by atoms with Gasteiger partial charge in [-0.15, -0.1) is 0 Å². The molecular weight excluding hydrogens is 206 g/mol. The lowest BCUT2D eigenvalue weighted by Crippen LogP contribution is -2.16. The first-order chi connectivity index (χ1) is 7.75. The van der Waals surface area contributed by atoms with Crippen molar-refractivity contribution < 1.29 is 0 Å². The fraction of sp³-hybridized carbons (Fsp3) is 0.300. The van der Waals surface area contributed by atoms with Crippen LogP contribution in [0.1, 0.15) is 23.6 Å². The lowest BCUT2D eigenvalue weighted by atomic mass is 10.1. The highest BCUT2D eigenvalue weighted by Gasteiger charge is 2.19. The Morgan fingerprint density at radius 3 is 3.12 bits per heavy atom. The molecule has 82 valence electrons. The average molecular weight is 217 g/mol. The maximum Gasteiger partial charge on any atom is 0.365 e. The van der Waals surface area contributed by atoms with E-state index >= 15 is 0 Å². The van der Waals surface area contributed by atoms with Crippen molar-refractivity contribution in [3.63, 3.8) is 0 Å². The number of aromatic amines is 1. The van der Waals surface area contributed by atoms with Crippen LogP contribution in [0.4, 0.5) is 0 Å². The van der Waals surface area contributed by atoms with Gasteiger partial charge in [0.05, 0.1) is 5.69 Å². The standard InChI is InChI=1S/C10H11N5O/c11-9-4-1-6-5-7(2-3-8(6)9)15-10(16)12-13-14-15/h2-3,5,9H,1,4,11H2,(H,12,14,16)/t9-/m0/s1. The van der Waals surface area contributed by atoms with E-state index in [-0.39, 0.29) is 11.7 Å². The van der Waals surface area contributed by atoms with Gasteiger partial charge in [-0.3, -0.25) is 0 Å². The van der Waals surface area contributed by atoms with Crippen molar-refractivity contribution in [1.29, 1.82) is 0 Å². The largest absolute Gasteiger partial charge is 0.365 e. The Hall–Kier alpha value is -1.95. The molecule has 3 rings (SSSR count). The monoisotopic (exact) mass is 217 g/mol. The minimum absolute atomic E-state index is 0.123. The fourth-order valence-electron chi connectivity index (χ4n) is 2.14. The molecule has 1 aromatic heterocycles. The first-order valence-electron chi connectivity index (χ1n) is 5.15. The summed E-state index contributed by atoms with van der Waals surface area (Å²) in [5.74, 6) is 0. The number of nitrogens with one attached hydrogen (secondary N) is 1. The number of aryl methyl sites for hydroxylation is 1. The normalized spacial score (nSPS) is 18.7. The molecule has 16 heavy (non-hydrogen) atoms. The molecule has 1 aliphatic carbocycles. The molecule has 6 nitrogen and oxygen atoms in total. The van der Waals surface area contributed by atoms with Crippen LogP contribution in [0.2, 0.25) is 0 Å². The van der Waals surface area contributed by atoms with Crippen LogP contribution in [-0.2, 0) is 6.42 Å². The summed E-state index contributed by atoms with van der Waals surface area (Å²) in [6, 6.07) is 5.88. The molecule has 1 aliphatic rings. The van der Waals surface area contributed by atoms with Gasteiger partial charge in [-0.05, 0) is 46.5 Å². The number of H-pyrrole nitrogens is 1. The topological polar surface area (TPSA) is 89.6 Å². The zero-order valence-electron chi connectivity index (χ0n) is 8.55. The smallest absolute Gasteiger partial charge is 0.324 e. The van der Waals surface area contributed by atoms with Gasteiger partial charge in [-0.2, -0.15) is 4.68 Å². The zero-order valence-corrected chi connectivity index (χ0v) is 8.55. The van der Waals surface area contributed by atoms with Gasteiger partial charge in [0, 0.05) is 6.04 Å². The van der Waals surface area contributed by atoms with Crippen LogP contribution < -0.4 is 11.4 Å². The molecule has 0 bridgehead atoms. The Morgan fingerprint density at radius 2 is 2.38 bits per heavy atom. The molecular formula is C10H11N5O. The molecule has 0 unspecified atom stereocenters. The van der Waals surface area contributed by atoms with Crippen LogP contribution in [0.3, 0.4) is 0 Å². The summed E-state index contributed by atoms with van der Waals surface area (Å²) in [6.07, 6.45) is 1.92. The third-order valence-corrected chi connectivity index (χ3v) is 2.97. The molecule has 0 radical (unpaired) electrons. The second-order valence-electron chi connectivity index (χ2n) is 3.95. The lowest BCUT2D eigenvalue weighted by Gasteiger charge is -2.05. The average Bonchev–Trinajstić information content (AvgIpc) is 2.86. The van der Waals surface area contributed by atoms with E-state index in [1.54, 1.807) is 0 Å². The lowest BCUT2D eigenvalue weighted by molar-refractivity contribution is 0.713. The molecule has 0 saturated heterocycles. The van der Waals surface area contributed by atoms with Gasteiger partial charge in [0.2, 0.25) is 0 Å². The van der Waals surface area contributed by atoms with E-state index in [9.17, 15) is 4.79 Å². The highest BCUT2D eigenvalue weighted by Crippen LogP contribution is 2.30. The third kappa shape index (κ3) is 1.27. The third-order valence-electron chi connectivity index (χ3n) is 2.97. The van der Waals surface area contributed by atoms with E-state index < -0.39 is 0 Å². The molecule has 0 saturated carbocycles. The Morgan fingerprint density at radius 1 is 1.50 bits per heavy atom. The van der Waals surface area contributed by atoms with Crippen LogP contribution in [0.25, 0.3) is 5.69 Å². The second-order valence-corrected chi connectivity index (χ2v) is 3.95. The number of benzene rings is 1.